The molecule has 0 saturated carbocycles. The van der Waals surface area contributed by atoms with Crippen molar-refractivity contribution in [3.8, 4) is 11.4 Å². The Morgan fingerprint density at radius 2 is 2.03 bits per heavy atom. The van der Waals surface area contributed by atoms with Gasteiger partial charge >= 0.3 is 0 Å². The minimum Gasteiger partial charge on any atom is -0.368 e. The molecule has 170 valence electrons. The molecule has 0 bridgehead atoms. The number of hydrogen-bond acceptors (Lipinski definition) is 7. The summed E-state index contributed by atoms with van der Waals surface area (Å²) in [7, 11) is 1.87. The van der Waals surface area contributed by atoms with Crippen molar-refractivity contribution >= 4 is 46.0 Å². The fourth-order valence-corrected chi connectivity index (χ4v) is 4.38. The molecule has 0 aliphatic carbocycles. The van der Waals surface area contributed by atoms with Gasteiger partial charge in [-0.25, -0.2) is 4.68 Å². The second-order valence-corrected chi connectivity index (χ2v) is 8.86. The second-order valence-electron chi connectivity index (χ2n) is 8.07. The summed E-state index contributed by atoms with van der Waals surface area (Å²) in [6.07, 6.45) is 4.95. The SMILES string of the molecule is CN(Cc1cccc(Cl)c1Cl)c1nc(N)nc(-c2ccc3cnn(C4CCCCO4)c3c2)n1. The van der Waals surface area contributed by atoms with Crippen molar-refractivity contribution < 1.29 is 4.74 Å². The molecule has 1 saturated heterocycles. The zero-order chi connectivity index (χ0) is 22.9. The minimum atomic E-state index is -0.0564. The van der Waals surface area contributed by atoms with E-state index in [1.165, 1.54) is 0 Å². The van der Waals surface area contributed by atoms with Crippen molar-refractivity contribution in [2.24, 2.45) is 0 Å². The van der Waals surface area contributed by atoms with Crippen LogP contribution in [0.5, 0.6) is 0 Å². The Labute approximate surface area is 201 Å². The molecule has 5 rings (SSSR count). The standard InChI is InChI=1S/C23H23Cl2N7O/c1-31(13-16-5-4-6-17(24)20(16)25)23-29-21(28-22(26)30-23)14-8-9-15-12-27-32(18(15)11-14)19-7-2-3-10-33-19/h4-6,8-9,11-12,19H,2-3,7,10,13H2,1H3,(H2,26,28,29,30). The molecule has 1 aliphatic rings. The third kappa shape index (κ3) is 4.46. The van der Waals surface area contributed by atoms with Gasteiger partial charge in [0.05, 0.1) is 21.8 Å². The fourth-order valence-electron chi connectivity index (χ4n) is 4.00. The third-order valence-electron chi connectivity index (χ3n) is 5.71. The van der Waals surface area contributed by atoms with Gasteiger partial charge in [-0.1, -0.05) is 47.5 Å². The lowest BCUT2D eigenvalue weighted by Crippen LogP contribution is -2.21. The van der Waals surface area contributed by atoms with Crippen molar-refractivity contribution in [3.05, 3.63) is 58.2 Å². The maximum Gasteiger partial charge on any atom is 0.230 e. The number of nitrogen functional groups attached to an aromatic ring is 1. The molecule has 1 unspecified atom stereocenters. The van der Waals surface area contributed by atoms with Crippen LogP contribution in [0.15, 0.2) is 42.6 Å². The number of anilines is 2. The van der Waals surface area contributed by atoms with E-state index in [0.29, 0.717) is 28.4 Å². The van der Waals surface area contributed by atoms with Gasteiger partial charge in [0.1, 0.15) is 0 Å². The normalized spacial score (nSPS) is 16.3. The summed E-state index contributed by atoms with van der Waals surface area (Å²) in [5, 5.41) is 6.61. The highest BCUT2D eigenvalue weighted by atomic mass is 35.5. The molecular weight excluding hydrogens is 461 g/mol. The van der Waals surface area contributed by atoms with E-state index in [1.54, 1.807) is 6.07 Å². The van der Waals surface area contributed by atoms with Crippen molar-refractivity contribution in [1.29, 1.82) is 0 Å². The van der Waals surface area contributed by atoms with Crippen LogP contribution in [-0.2, 0) is 11.3 Å². The quantitative estimate of drug-likeness (QED) is 0.421. The van der Waals surface area contributed by atoms with E-state index in [4.69, 9.17) is 33.7 Å². The monoisotopic (exact) mass is 483 g/mol. The largest absolute Gasteiger partial charge is 0.368 e. The number of ether oxygens (including phenoxy) is 1. The van der Waals surface area contributed by atoms with Crippen molar-refractivity contribution in [2.45, 2.75) is 32.0 Å². The van der Waals surface area contributed by atoms with E-state index in [2.05, 4.69) is 20.1 Å². The van der Waals surface area contributed by atoms with Crippen molar-refractivity contribution in [2.75, 3.05) is 24.3 Å². The number of nitrogens with two attached hydrogens (primary N) is 1. The molecule has 2 aromatic carbocycles. The van der Waals surface area contributed by atoms with Gasteiger partial charge in [-0.15, -0.1) is 0 Å². The van der Waals surface area contributed by atoms with Gasteiger partial charge in [-0.2, -0.15) is 20.1 Å². The Bertz CT molecular complexity index is 1300. The average molecular weight is 484 g/mol. The number of hydrogen-bond donors (Lipinski definition) is 1. The number of rotatable bonds is 5. The zero-order valence-corrected chi connectivity index (χ0v) is 19.6. The first-order chi connectivity index (χ1) is 16.0. The van der Waals surface area contributed by atoms with Gasteiger partial charge < -0.3 is 15.4 Å². The molecular formula is C23H23Cl2N7O. The van der Waals surface area contributed by atoms with E-state index in [9.17, 15) is 0 Å². The number of fused-ring (bicyclic) bond motifs is 1. The summed E-state index contributed by atoms with van der Waals surface area (Å²) in [5.74, 6) is 1.07. The molecule has 0 spiro atoms. The van der Waals surface area contributed by atoms with Gasteiger partial charge in [0.2, 0.25) is 11.9 Å². The summed E-state index contributed by atoms with van der Waals surface area (Å²) < 4.78 is 7.87. The molecule has 2 N–H and O–H groups in total. The lowest BCUT2D eigenvalue weighted by Gasteiger charge is -2.23. The van der Waals surface area contributed by atoms with E-state index in [-0.39, 0.29) is 12.2 Å². The van der Waals surface area contributed by atoms with Crippen molar-refractivity contribution in [3.63, 3.8) is 0 Å². The van der Waals surface area contributed by atoms with Gasteiger partial charge in [0.15, 0.2) is 12.1 Å². The summed E-state index contributed by atoms with van der Waals surface area (Å²) >= 11 is 12.5. The van der Waals surface area contributed by atoms with Crippen molar-refractivity contribution in [1.82, 2.24) is 24.7 Å². The average Bonchev–Trinajstić information content (AvgIpc) is 3.25. The number of aromatic nitrogens is 5. The third-order valence-corrected chi connectivity index (χ3v) is 6.56. The van der Waals surface area contributed by atoms with Crippen LogP contribution >= 0.6 is 23.2 Å². The number of benzene rings is 2. The molecule has 1 atom stereocenters. The first kappa shape index (κ1) is 21.9. The van der Waals surface area contributed by atoms with Crippen LogP contribution < -0.4 is 10.6 Å². The van der Waals surface area contributed by atoms with Crippen LogP contribution in [0, 0.1) is 0 Å². The van der Waals surface area contributed by atoms with Crippen LogP contribution in [0.4, 0.5) is 11.9 Å². The van der Waals surface area contributed by atoms with E-state index < -0.39 is 0 Å². The summed E-state index contributed by atoms with van der Waals surface area (Å²) in [5.41, 5.74) is 8.71. The van der Waals surface area contributed by atoms with Gasteiger partial charge in [0, 0.05) is 31.1 Å². The Kier molecular flexibility index (Phi) is 6.05. The molecule has 8 nitrogen and oxygen atoms in total. The second kappa shape index (κ2) is 9.13. The summed E-state index contributed by atoms with van der Waals surface area (Å²) in [4.78, 5) is 15.2. The maximum atomic E-state index is 6.35. The topological polar surface area (TPSA) is 95.0 Å². The van der Waals surface area contributed by atoms with Gasteiger partial charge in [0.25, 0.3) is 0 Å². The lowest BCUT2D eigenvalue weighted by atomic mass is 10.1. The molecule has 33 heavy (non-hydrogen) atoms. The van der Waals surface area contributed by atoms with Crippen LogP contribution in [0.25, 0.3) is 22.3 Å². The Hall–Kier alpha value is -2.94. The van der Waals surface area contributed by atoms with E-state index in [0.717, 1.165) is 47.9 Å². The summed E-state index contributed by atoms with van der Waals surface area (Å²) in [6.45, 7) is 1.22. The molecule has 0 amide bonds. The molecule has 0 radical (unpaired) electrons. The van der Waals surface area contributed by atoms with Crippen LogP contribution in [0.1, 0.15) is 31.1 Å². The Balaban J connectivity index is 1.47. The first-order valence-electron chi connectivity index (χ1n) is 10.7. The van der Waals surface area contributed by atoms with E-state index >= 15 is 0 Å². The molecule has 4 aromatic rings. The highest BCUT2D eigenvalue weighted by Gasteiger charge is 2.19. The smallest absolute Gasteiger partial charge is 0.230 e. The number of halogens is 2. The predicted octanol–water partition coefficient (Wildman–Crippen LogP) is 5.11. The lowest BCUT2D eigenvalue weighted by molar-refractivity contribution is -0.0366. The first-order valence-corrected chi connectivity index (χ1v) is 11.5. The fraction of sp³-hybridized carbons (Fsp3) is 0.304. The molecule has 2 aromatic heterocycles. The Morgan fingerprint density at radius 3 is 2.85 bits per heavy atom. The zero-order valence-electron chi connectivity index (χ0n) is 18.1. The highest BCUT2D eigenvalue weighted by molar-refractivity contribution is 6.42. The predicted molar refractivity (Wildman–Crippen MR) is 130 cm³/mol. The molecule has 1 fully saturated rings. The molecule has 3 heterocycles. The van der Waals surface area contributed by atoms with Gasteiger partial charge in [-0.05, 0) is 37.0 Å². The van der Waals surface area contributed by atoms with Gasteiger partial charge in [-0.3, -0.25) is 0 Å². The van der Waals surface area contributed by atoms with Crippen LogP contribution in [-0.4, -0.2) is 38.4 Å². The maximum absolute atomic E-state index is 6.35. The van der Waals surface area contributed by atoms with E-state index in [1.807, 2.05) is 53.2 Å². The molecule has 10 heteroatoms. The minimum absolute atomic E-state index is 0.0564. The van der Waals surface area contributed by atoms with Crippen LogP contribution in [0.3, 0.4) is 0 Å². The summed E-state index contributed by atoms with van der Waals surface area (Å²) in [6, 6.07) is 11.5. The van der Waals surface area contributed by atoms with Crippen LogP contribution in [0.2, 0.25) is 10.0 Å². The molecule has 1 aliphatic heterocycles. The highest BCUT2D eigenvalue weighted by Crippen LogP contribution is 2.30. The Morgan fingerprint density at radius 1 is 1.15 bits per heavy atom. The number of nitrogens with zero attached hydrogens (tertiary/aromatic N) is 6.